The van der Waals surface area contributed by atoms with Crippen LogP contribution in [0.3, 0.4) is 0 Å². The van der Waals surface area contributed by atoms with Gasteiger partial charge in [-0.2, -0.15) is 0 Å². The highest BCUT2D eigenvalue weighted by Gasteiger charge is 2.47. The second kappa shape index (κ2) is 14.5. The molecular formula is C60H65BN2OS. The minimum atomic E-state index is -0.132. The number of nitrogens with zero attached hydrogens (tertiary/aromatic N) is 2. The molecule has 0 atom stereocenters. The van der Waals surface area contributed by atoms with Crippen LogP contribution in [0.2, 0.25) is 0 Å². The van der Waals surface area contributed by atoms with E-state index in [-0.39, 0.29) is 28.4 Å². The van der Waals surface area contributed by atoms with Gasteiger partial charge in [-0.1, -0.05) is 144 Å². The van der Waals surface area contributed by atoms with Crippen molar-refractivity contribution in [2.45, 2.75) is 132 Å². The van der Waals surface area contributed by atoms with Gasteiger partial charge in [0.25, 0.3) is 6.71 Å². The van der Waals surface area contributed by atoms with E-state index in [2.05, 4.69) is 218 Å². The molecule has 2 aromatic heterocycles. The van der Waals surface area contributed by atoms with E-state index in [1.165, 1.54) is 104 Å². The Bertz CT molecular complexity index is 3210. The zero-order valence-corrected chi connectivity index (χ0v) is 42.4. The van der Waals surface area contributed by atoms with Crippen molar-refractivity contribution in [2.24, 2.45) is 0 Å². The third-order valence-corrected chi connectivity index (χ3v) is 15.6. The zero-order valence-electron chi connectivity index (χ0n) is 41.6. The van der Waals surface area contributed by atoms with Crippen molar-refractivity contribution in [3.63, 3.8) is 0 Å². The van der Waals surface area contributed by atoms with Gasteiger partial charge in [-0.15, -0.1) is 11.3 Å². The maximum atomic E-state index is 6.21. The smallest absolute Gasteiger partial charge is 0.264 e. The van der Waals surface area contributed by atoms with Gasteiger partial charge < -0.3 is 14.2 Å². The number of furan rings is 1. The Morgan fingerprint density at radius 1 is 0.477 bits per heavy atom. The Morgan fingerprint density at radius 3 is 1.57 bits per heavy atom. The molecule has 0 fully saturated rings. The molecule has 0 aliphatic carbocycles. The lowest BCUT2D eigenvalue weighted by molar-refractivity contribution is 0.589. The van der Waals surface area contributed by atoms with Crippen molar-refractivity contribution in [2.75, 3.05) is 9.80 Å². The SMILES string of the molecule is Cc1cc(C(C)(C)C)cc(C)c1N1c2cc(-c3coc4ccccc34)ccc2B2c3sc4ccc(C(C)(C)C)cc4c3N(c3c(C)cc(C(C)(C)C)cc3C)c3cc(C(C)(C)C)cc1c32. The number of rotatable bonds is 3. The van der Waals surface area contributed by atoms with E-state index >= 15 is 0 Å². The van der Waals surface area contributed by atoms with Crippen LogP contribution in [0.25, 0.3) is 32.2 Å². The highest BCUT2D eigenvalue weighted by molar-refractivity contribution is 7.33. The van der Waals surface area contributed by atoms with Crippen LogP contribution < -0.4 is 25.5 Å². The normalized spacial score (nSPS) is 14.1. The monoisotopic (exact) mass is 872 g/mol. The Kier molecular flexibility index (Phi) is 9.67. The molecule has 0 bridgehead atoms. The molecule has 0 saturated heterocycles. The van der Waals surface area contributed by atoms with E-state index in [0.717, 1.165) is 22.1 Å². The molecule has 0 unspecified atom stereocenters. The largest absolute Gasteiger partial charge is 0.464 e. The predicted octanol–water partition coefficient (Wildman–Crippen LogP) is 15.8. The summed E-state index contributed by atoms with van der Waals surface area (Å²) in [4.78, 5) is 5.36. The summed E-state index contributed by atoms with van der Waals surface area (Å²) in [5.41, 5.74) is 24.0. The summed E-state index contributed by atoms with van der Waals surface area (Å²) < 4.78 is 8.95. The van der Waals surface area contributed by atoms with Crippen LogP contribution in [0, 0.1) is 27.7 Å². The lowest BCUT2D eigenvalue weighted by Crippen LogP contribution is -2.60. The standard InChI is InChI=1S/C60H65BN2OS/c1-34-25-40(58(8,9)10)26-35(2)53(34)62-47-29-38(45-33-64-50-20-18-17-19-43(45)50)21-23-46(47)61-52-48(62)31-42(60(14,15)16)32-49(52)63(54-36(3)27-41(28-37(54)4)59(11,12)13)55-44-30-39(57(5,6)7)22-24-51(44)65-56(55)61/h17-33H,1-16H3. The molecule has 10 rings (SSSR count). The van der Waals surface area contributed by atoms with Gasteiger partial charge in [0.1, 0.15) is 5.58 Å². The first-order chi connectivity index (χ1) is 30.4. The topological polar surface area (TPSA) is 19.6 Å². The quantitative estimate of drug-likeness (QED) is 0.165. The maximum Gasteiger partial charge on any atom is 0.264 e. The molecule has 2 aliphatic heterocycles. The second-order valence-electron chi connectivity index (χ2n) is 23.4. The summed E-state index contributed by atoms with van der Waals surface area (Å²) in [5.74, 6) is 0. The van der Waals surface area contributed by atoms with Crippen LogP contribution in [-0.2, 0) is 21.7 Å². The van der Waals surface area contributed by atoms with Crippen LogP contribution in [-0.4, -0.2) is 6.71 Å². The van der Waals surface area contributed by atoms with Crippen LogP contribution in [0.15, 0.2) is 108 Å². The van der Waals surface area contributed by atoms with E-state index in [1.54, 1.807) is 0 Å². The Hall–Kier alpha value is -5.52. The van der Waals surface area contributed by atoms with Gasteiger partial charge in [0.2, 0.25) is 0 Å². The second-order valence-corrected chi connectivity index (χ2v) is 24.5. The van der Waals surface area contributed by atoms with Crippen molar-refractivity contribution in [3.05, 3.63) is 148 Å². The third-order valence-electron chi connectivity index (χ3n) is 14.3. The predicted molar refractivity (Wildman–Crippen MR) is 285 cm³/mol. The van der Waals surface area contributed by atoms with Crippen molar-refractivity contribution < 1.29 is 4.42 Å². The number of benzene rings is 6. The van der Waals surface area contributed by atoms with E-state index in [4.69, 9.17) is 4.42 Å². The molecule has 3 nitrogen and oxygen atoms in total. The molecule has 65 heavy (non-hydrogen) atoms. The van der Waals surface area contributed by atoms with Gasteiger partial charge in [-0.25, -0.2) is 0 Å². The number of para-hydroxylation sites is 1. The number of hydrogen-bond acceptors (Lipinski definition) is 4. The summed E-state index contributed by atoms with van der Waals surface area (Å²) in [5, 5.41) is 2.46. The molecule has 2 aliphatic rings. The maximum absolute atomic E-state index is 6.21. The van der Waals surface area contributed by atoms with Crippen LogP contribution in [0.4, 0.5) is 34.1 Å². The minimum absolute atomic E-state index is 0.00294. The molecular weight excluding hydrogens is 808 g/mol. The van der Waals surface area contributed by atoms with Gasteiger partial charge in [0.15, 0.2) is 0 Å². The summed E-state index contributed by atoms with van der Waals surface area (Å²) in [6.07, 6.45) is 1.95. The van der Waals surface area contributed by atoms with Gasteiger partial charge >= 0.3 is 0 Å². The van der Waals surface area contributed by atoms with E-state index < -0.39 is 0 Å². The minimum Gasteiger partial charge on any atom is -0.464 e. The first-order valence-corrected chi connectivity index (χ1v) is 24.4. The molecule has 5 heteroatoms. The van der Waals surface area contributed by atoms with Gasteiger partial charge in [-0.05, 0) is 147 Å². The lowest BCUT2D eigenvalue weighted by Gasteiger charge is -2.45. The molecule has 8 aromatic rings. The number of aryl methyl sites for hydroxylation is 4. The van der Waals surface area contributed by atoms with E-state index in [9.17, 15) is 0 Å². The molecule has 0 saturated carbocycles. The fraction of sp³-hybridized carbons (Fsp3) is 0.333. The van der Waals surface area contributed by atoms with Crippen LogP contribution >= 0.6 is 11.3 Å². The number of fused-ring (bicyclic) bond motifs is 7. The van der Waals surface area contributed by atoms with E-state index in [0.29, 0.717) is 0 Å². The number of hydrogen-bond donors (Lipinski definition) is 0. The van der Waals surface area contributed by atoms with Crippen LogP contribution in [0.1, 0.15) is 128 Å². The van der Waals surface area contributed by atoms with E-state index in [1.807, 2.05) is 17.6 Å². The first kappa shape index (κ1) is 43.4. The summed E-state index contributed by atoms with van der Waals surface area (Å²) in [6, 6.07) is 37.8. The molecule has 0 amide bonds. The van der Waals surface area contributed by atoms with Gasteiger partial charge in [0, 0.05) is 42.9 Å². The van der Waals surface area contributed by atoms with Crippen LogP contribution in [0.5, 0.6) is 0 Å². The van der Waals surface area contributed by atoms with Crippen molar-refractivity contribution in [3.8, 4) is 11.1 Å². The van der Waals surface area contributed by atoms with Gasteiger partial charge in [0.05, 0.1) is 23.3 Å². The molecule has 330 valence electrons. The Balaban J connectivity index is 1.37. The lowest BCUT2D eigenvalue weighted by atomic mass is 9.36. The average molecular weight is 873 g/mol. The molecule has 4 heterocycles. The van der Waals surface area contributed by atoms with Crippen molar-refractivity contribution >= 4 is 88.9 Å². The average Bonchev–Trinajstić information content (AvgIpc) is 3.82. The fourth-order valence-electron chi connectivity index (χ4n) is 10.7. The first-order valence-electron chi connectivity index (χ1n) is 23.6. The zero-order chi connectivity index (χ0) is 46.4. The summed E-state index contributed by atoms with van der Waals surface area (Å²) >= 11 is 1.99. The highest BCUT2D eigenvalue weighted by atomic mass is 32.1. The summed E-state index contributed by atoms with van der Waals surface area (Å²) in [7, 11) is 0. The number of thiophene rings is 1. The Morgan fingerprint density at radius 2 is 1.00 bits per heavy atom. The molecule has 6 aromatic carbocycles. The molecule has 0 N–H and O–H groups in total. The van der Waals surface area contributed by atoms with Gasteiger partial charge in [-0.3, -0.25) is 0 Å². The highest BCUT2D eigenvalue weighted by Crippen LogP contribution is 2.52. The number of anilines is 6. The fourth-order valence-corrected chi connectivity index (χ4v) is 12.0. The summed E-state index contributed by atoms with van der Waals surface area (Å²) in [6.45, 7) is 37.5. The van der Waals surface area contributed by atoms with Crippen molar-refractivity contribution in [1.82, 2.24) is 0 Å². The Labute approximate surface area is 392 Å². The molecule has 0 radical (unpaired) electrons. The third kappa shape index (κ3) is 6.90. The van der Waals surface area contributed by atoms with Crippen molar-refractivity contribution in [1.29, 1.82) is 0 Å². The molecule has 0 spiro atoms.